The molecule has 4 rings (SSSR count). The number of rotatable bonds is 4. The van der Waals surface area contributed by atoms with Gasteiger partial charge >= 0.3 is 0 Å². The van der Waals surface area contributed by atoms with E-state index in [1.165, 1.54) is 0 Å². The van der Waals surface area contributed by atoms with Gasteiger partial charge in [0.25, 0.3) is 5.91 Å². The highest BCUT2D eigenvalue weighted by Gasteiger charge is 2.36. The van der Waals surface area contributed by atoms with Crippen molar-refractivity contribution in [1.82, 2.24) is 0 Å². The number of aryl methyl sites for hydroxylation is 1. The summed E-state index contributed by atoms with van der Waals surface area (Å²) in [5.74, 6) is 1.16. The van der Waals surface area contributed by atoms with Crippen molar-refractivity contribution in [1.29, 1.82) is 0 Å². The van der Waals surface area contributed by atoms with Gasteiger partial charge in [-0.2, -0.15) is 0 Å². The molecule has 0 bridgehead atoms. The zero-order valence-electron chi connectivity index (χ0n) is 16.1. The summed E-state index contributed by atoms with van der Waals surface area (Å²) in [6, 6.07) is 21.2. The molecule has 1 N–H and O–H groups in total. The summed E-state index contributed by atoms with van der Waals surface area (Å²) in [6.45, 7) is 2.03. The number of hydrogen-bond donors (Lipinski definition) is 1. The van der Waals surface area contributed by atoms with Gasteiger partial charge in [0.15, 0.2) is 11.5 Å². The van der Waals surface area contributed by atoms with Crippen LogP contribution < -0.4 is 19.7 Å². The van der Waals surface area contributed by atoms with E-state index in [1.54, 1.807) is 19.1 Å². The largest absolute Gasteiger partial charge is 0.493 e. The Morgan fingerprint density at radius 3 is 2.36 bits per heavy atom. The minimum Gasteiger partial charge on any atom is -0.493 e. The molecule has 1 aliphatic heterocycles. The standard InChI is InChI=1S/C23H22N2O3/c1-15-11-13-16(14-12-15)25-22(18-8-6-10-20(27-2)21(18)28-3)24-19-9-5-4-7-17(19)23(25)26/h4-14,22,24H,1-3H3/t22-/m0/s1. The van der Waals surface area contributed by atoms with Crippen LogP contribution in [-0.2, 0) is 0 Å². The number of carbonyl (C=O) groups is 1. The number of anilines is 2. The van der Waals surface area contributed by atoms with Crippen LogP contribution in [0.15, 0.2) is 66.7 Å². The fourth-order valence-corrected chi connectivity index (χ4v) is 3.57. The maximum Gasteiger partial charge on any atom is 0.262 e. The fourth-order valence-electron chi connectivity index (χ4n) is 3.57. The molecule has 3 aromatic rings. The van der Waals surface area contributed by atoms with Crippen LogP contribution in [0.3, 0.4) is 0 Å². The van der Waals surface area contributed by atoms with Crippen molar-refractivity contribution in [2.45, 2.75) is 13.1 Å². The SMILES string of the molecule is COc1cccc([C@H]2Nc3ccccc3C(=O)N2c2ccc(C)cc2)c1OC. The Balaban J connectivity index is 1.91. The summed E-state index contributed by atoms with van der Waals surface area (Å²) >= 11 is 0. The number of methoxy groups -OCH3 is 2. The lowest BCUT2D eigenvalue weighted by atomic mass is 10.0. The van der Waals surface area contributed by atoms with Crippen molar-refractivity contribution in [2.24, 2.45) is 0 Å². The highest BCUT2D eigenvalue weighted by Crippen LogP contribution is 2.42. The Hall–Kier alpha value is -3.47. The molecule has 0 radical (unpaired) electrons. The maximum absolute atomic E-state index is 13.5. The average Bonchev–Trinajstić information content (AvgIpc) is 2.74. The lowest BCUT2D eigenvalue weighted by molar-refractivity contribution is 0.0974. The van der Waals surface area contributed by atoms with E-state index in [1.807, 2.05) is 73.7 Å². The number of ether oxygens (including phenoxy) is 2. The number of carbonyl (C=O) groups excluding carboxylic acids is 1. The van der Waals surface area contributed by atoms with E-state index in [0.29, 0.717) is 17.1 Å². The zero-order valence-corrected chi connectivity index (χ0v) is 16.1. The monoisotopic (exact) mass is 374 g/mol. The molecule has 3 aromatic carbocycles. The number of nitrogens with zero attached hydrogens (tertiary/aromatic N) is 1. The molecule has 5 nitrogen and oxygen atoms in total. The quantitative estimate of drug-likeness (QED) is 0.714. The lowest BCUT2D eigenvalue weighted by Crippen LogP contribution is -2.43. The molecule has 1 amide bonds. The van der Waals surface area contributed by atoms with Crippen LogP contribution in [-0.4, -0.2) is 20.1 Å². The Labute approximate surface area is 164 Å². The van der Waals surface area contributed by atoms with E-state index in [2.05, 4.69) is 5.32 Å². The van der Waals surface area contributed by atoms with E-state index in [9.17, 15) is 4.79 Å². The minimum absolute atomic E-state index is 0.0620. The fraction of sp³-hybridized carbons (Fsp3) is 0.174. The highest BCUT2D eigenvalue weighted by molar-refractivity contribution is 6.12. The Morgan fingerprint density at radius 2 is 1.64 bits per heavy atom. The van der Waals surface area contributed by atoms with E-state index in [0.717, 1.165) is 22.5 Å². The van der Waals surface area contributed by atoms with Gasteiger partial charge in [0.1, 0.15) is 6.17 Å². The van der Waals surface area contributed by atoms with E-state index >= 15 is 0 Å². The van der Waals surface area contributed by atoms with Crippen LogP contribution >= 0.6 is 0 Å². The van der Waals surface area contributed by atoms with Gasteiger partial charge in [-0.25, -0.2) is 0 Å². The van der Waals surface area contributed by atoms with E-state index in [4.69, 9.17) is 9.47 Å². The number of fused-ring (bicyclic) bond motifs is 1. The summed E-state index contributed by atoms with van der Waals surface area (Å²) < 4.78 is 11.1. The molecule has 0 aromatic heterocycles. The third kappa shape index (κ3) is 2.95. The first-order valence-corrected chi connectivity index (χ1v) is 9.10. The Bertz CT molecular complexity index is 1010. The second-order valence-electron chi connectivity index (χ2n) is 6.69. The summed E-state index contributed by atoms with van der Waals surface area (Å²) in [6.07, 6.45) is -0.435. The summed E-state index contributed by atoms with van der Waals surface area (Å²) in [7, 11) is 3.21. The van der Waals surface area contributed by atoms with Gasteiger partial charge in [-0.1, -0.05) is 42.0 Å². The van der Waals surface area contributed by atoms with Crippen LogP contribution in [0.2, 0.25) is 0 Å². The van der Waals surface area contributed by atoms with Crippen molar-refractivity contribution < 1.29 is 14.3 Å². The molecule has 28 heavy (non-hydrogen) atoms. The number of benzene rings is 3. The van der Waals surface area contributed by atoms with Gasteiger partial charge in [0, 0.05) is 16.9 Å². The van der Waals surface area contributed by atoms with Gasteiger partial charge in [-0.3, -0.25) is 9.69 Å². The van der Waals surface area contributed by atoms with Gasteiger partial charge in [-0.15, -0.1) is 0 Å². The third-order valence-corrected chi connectivity index (χ3v) is 4.97. The molecule has 0 saturated carbocycles. The van der Waals surface area contributed by atoms with Crippen LogP contribution in [0.4, 0.5) is 11.4 Å². The maximum atomic E-state index is 13.5. The van der Waals surface area contributed by atoms with E-state index < -0.39 is 6.17 Å². The van der Waals surface area contributed by atoms with Crippen molar-refractivity contribution in [3.63, 3.8) is 0 Å². The minimum atomic E-state index is -0.435. The molecule has 0 spiro atoms. The lowest BCUT2D eigenvalue weighted by Gasteiger charge is -2.38. The highest BCUT2D eigenvalue weighted by atomic mass is 16.5. The number of nitrogens with one attached hydrogen (secondary N) is 1. The molecular formula is C23H22N2O3. The molecule has 0 aliphatic carbocycles. The molecular weight excluding hydrogens is 352 g/mol. The molecule has 0 unspecified atom stereocenters. The predicted molar refractivity (Wildman–Crippen MR) is 110 cm³/mol. The number of para-hydroxylation sites is 2. The Kier molecular flexibility index (Phi) is 4.65. The van der Waals surface area contributed by atoms with E-state index in [-0.39, 0.29) is 5.91 Å². The predicted octanol–water partition coefficient (Wildman–Crippen LogP) is 4.78. The zero-order chi connectivity index (χ0) is 19.7. The summed E-state index contributed by atoms with van der Waals surface area (Å²) in [5, 5.41) is 3.50. The first-order chi connectivity index (χ1) is 13.6. The second-order valence-corrected chi connectivity index (χ2v) is 6.69. The first kappa shape index (κ1) is 17.9. The molecule has 1 atom stereocenters. The Morgan fingerprint density at radius 1 is 0.893 bits per heavy atom. The average molecular weight is 374 g/mol. The summed E-state index contributed by atoms with van der Waals surface area (Å²) in [4.78, 5) is 15.2. The molecule has 5 heteroatoms. The molecule has 0 fully saturated rings. The normalized spacial score (nSPS) is 15.6. The summed E-state index contributed by atoms with van der Waals surface area (Å²) in [5.41, 5.74) is 4.21. The van der Waals surface area contributed by atoms with Gasteiger partial charge in [-0.05, 0) is 37.3 Å². The number of amides is 1. The topological polar surface area (TPSA) is 50.8 Å². The first-order valence-electron chi connectivity index (χ1n) is 9.10. The smallest absolute Gasteiger partial charge is 0.262 e. The van der Waals surface area contributed by atoms with Gasteiger partial charge < -0.3 is 14.8 Å². The van der Waals surface area contributed by atoms with Crippen LogP contribution in [0.25, 0.3) is 0 Å². The third-order valence-electron chi connectivity index (χ3n) is 4.97. The molecule has 142 valence electrons. The van der Waals surface area contributed by atoms with Gasteiger partial charge in [0.2, 0.25) is 0 Å². The number of hydrogen-bond acceptors (Lipinski definition) is 4. The van der Waals surface area contributed by atoms with Crippen LogP contribution in [0.1, 0.15) is 27.7 Å². The van der Waals surface area contributed by atoms with Crippen LogP contribution in [0.5, 0.6) is 11.5 Å². The van der Waals surface area contributed by atoms with Crippen molar-refractivity contribution in [3.8, 4) is 11.5 Å². The second kappa shape index (κ2) is 7.27. The van der Waals surface area contributed by atoms with Crippen molar-refractivity contribution >= 4 is 17.3 Å². The molecule has 1 heterocycles. The van der Waals surface area contributed by atoms with Gasteiger partial charge in [0.05, 0.1) is 19.8 Å². The van der Waals surface area contributed by atoms with Crippen molar-refractivity contribution in [3.05, 3.63) is 83.4 Å². The van der Waals surface area contributed by atoms with Crippen molar-refractivity contribution in [2.75, 3.05) is 24.4 Å². The molecule has 0 saturated heterocycles. The molecule has 1 aliphatic rings. The van der Waals surface area contributed by atoms with Crippen LogP contribution in [0, 0.1) is 6.92 Å².